The fraction of sp³-hybridized carbons (Fsp3) is 0.533. The lowest BCUT2D eigenvalue weighted by Crippen LogP contribution is -2.20. The topological polar surface area (TPSA) is 47.3 Å². The lowest BCUT2D eigenvalue weighted by atomic mass is 10.1. The van der Waals surface area contributed by atoms with Gasteiger partial charge in [-0.3, -0.25) is 0 Å². The Labute approximate surface area is 113 Å². The SMILES string of the molecule is Cn1c(CC(O)CC2CCCO2)nc2ccccc21. The van der Waals surface area contributed by atoms with Gasteiger partial charge < -0.3 is 14.4 Å². The second-order valence-electron chi connectivity index (χ2n) is 5.30. The Kier molecular flexibility index (Phi) is 3.53. The third-order valence-corrected chi connectivity index (χ3v) is 3.86. The van der Waals surface area contributed by atoms with Gasteiger partial charge in [-0.1, -0.05) is 12.1 Å². The number of fused-ring (bicyclic) bond motifs is 1. The Morgan fingerprint density at radius 1 is 1.47 bits per heavy atom. The number of hydrogen-bond acceptors (Lipinski definition) is 3. The fourth-order valence-corrected chi connectivity index (χ4v) is 2.81. The van der Waals surface area contributed by atoms with Crippen molar-refractivity contribution in [3.8, 4) is 0 Å². The molecule has 2 atom stereocenters. The molecule has 2 aromatic rings. The molecule has 1 aliphatic heterocycles. The summed E-state index contributed by atoms with van der Waals surface area (Å²) >= 11 is 0. The molecule has 1 aromatic heterocycles. The first-order valence-corrected chi connectivity index (χ1v) is 6.94. The lowest BCUT2D eigenvalue weighted by Gasteiger charge is -2.14. The van der Waals surface area contributed by atoms with Crippen LogP contribution in [-0.4, -0.2) is 33.5 Å². The molecule has 19 heavy (non-hydrogen) atoms. The number of imidazole rings is 1. The molecule has 102 valence electrons. The van der Waals surface area contributed by atoms with E-state index in [1.165, 1.54) is 0 Å². The van der Waals surface area contributed by atoms with Gasteiger partial charge in [0.05, 0.1) is 23.2 Å². The number of aromatic nitrogens is 2. The summed E-state index contributed by atoms with van der Waals surface area (Å²) in [4.78, 5) is 4.59. The van der Waals surface area contributed by atoms with Crippen molar-refractivity contribution < 1.29 is 9.84 Å². The van der Waals surface area contributed by atoms with Crippen LogP contribution in [0.1, 0.15) is 25.1 Å². The van der Waals surface area contributed by atoms with Crippen LogP contribution in [0.25, 0.3) is 11.0 Å². The van der Waals surface area contributed by atoms with E-state index in [0.29, 0.717) is 12.8 Å². The van der Waals surface area contributed by atoms with Crippen molar-refractivity contribution in [3.05, 3.63) is 30.1 Å². The summed E-state index contributed by atoms with van der Waals surface area (Å²) in [5.41, 5.74) is 2.10. The molecule has 1 fully saturated rings. The second-order valence-corrected chi connectivity index (χ2v) is 5.30. The molecule has 1 saturated heterocycles. The maximum Gasteiger partial charge on any atom is 0.112 e. The molecule has 0 spiro atoms. The van der Waals surface area contributed by atoms with E-state index in [0.717, 1.165) is 36.3 Å². The monoisotopic (exact) mass is 260 g/mol. The number of aryl methyl sites for hydroxylation is 1. The number of nitrogens with zero attached hydrogens (tertiary/aromatic N) is 2. The average molecular weight is 260 g/mol. The third-order valence-electron chi connectivity index (χ3n) is 3.86. The highest BCUT2D eigenvalue weighted by Gasteiger charge is 2.21. The smallest absolute Gasteiger partial charge is 0.112 e. The molecule has 1 aliphatic rings. The molecule has 0 aliphatic carbocycles. The number of ether oxygens (including phenoxy) is 1. The summed E-state index contributed by atoms with van der Waals surface area (Å²) in [7, 11) is 2.00. The Balaban J connectivity index is 1.71. The van der Waals surface area contributed by atoms with Crippen LogP contribution in [0.5, 0.6) is 0 Å². The minimum absolute atomic E-state index is 0.227. The van der Waals surface area contributed by atoms with E-state index in [4.69, 9.17) is 4.74 Å². The highest BCUT2D eigenvalue weighted by Crippen LogP contribution is 2.20. The Morgan fingerprint density at radius 3 is 3.05 bits per heavy atom. The van der Waals surface area contributed by atoms with Crippen LogP contribution >= 0.6 is 0 Å². The van der Waals surface area contributed by atoms with E-state index in [1.807, 2.05) is 25.2 Å². The zero-order valence-electron chi connectivity index (χ0n) is 11.2. The number of aliphatic hydroxyl groups is 1. The summed E-state index contributed by atoms with van der Waals surface area (Å²) < 4.78 is 7.63. The van der Waals surface area contributed by atoms with Crippen molar-refractivity contribution in [2.75, 3.05) is 6.61 Å². The van der Waals surface area contributed by atoms with Crippen LogP contribution < -0.4 is 0 Å². The van der Waals surface area contributed by atoms with Crippen molar-refractivity contribution in [2.45, 2.75) is 37.9 Å². The number of para-hydroxylation sites is 2. The van der Waals surface area contributed by atoms with Crippen LogP contribution in [0.15, 0.2) is 24.3 Å². The number of rotatable bonds is 4. The van der Waals surface area contributed by atoms with Gasteiger partial charge in [0.2, 0.25) is 0 Å². The van der Waals surface area contributed by atoms with Crippen LogP contribution in [-0.2, 0) is 18.2 Å². The van der Waals surface area contributed by atoms with E-state index in [9.17, 15) is 5.11 Å². The molecule has 0 bridgehead atoms. The number of benzene rings is 1. The Hall–Kier alpha value is -1.39. The maximum absolute atomic E-state index is 10.2. The summed E-state index contributed by atoms with van der Waals surface area (Å²) in [6.45, 7) is 0.837. The first kappa shape index (κ1) is 12.6. The molecule has 2 unspecified atom stereocenters. The van der Waals surface area contributed by atoms with Gasteiger partial charge in [0.1, 0.15) is 5.82 Å². The molecule has 2 heterocycles. The van der Waals surface area contributed by atoms with Crippen molar-refractivity contribution in [2.24, 2.45) is 7.05 Å². The molecule has 3 rings (SSSR count). The molecule has 4 heteroatoms. The molecule has 0 radical (unpaired) electrons. The summed E-state index contributed by atoms with van der Waals surface area (Å²) in [5.74, 6) is 0.937. The number of aliphatic hydroxyl groups excluding tert-OH is 1. The van der Waals surface area contributed by atoms with Crippen molar-refractivity contribution in [3.63, 3.8) is 0 Å². The van der Waals surface area contributed by atoms with Gasteiger partial charge in [0, 0.05) is 20.1 Å². The van der Waals surface area contributed by atoms with Crippen LogP contribution in [0, 0.1) is 0 Å². The summed E-state index contributed by atoms with van der Waals surface area (Å²) in [6, 6.07) is 8.06. The standard InChI is InChI=1S/C15H20N2O2/c1-17-14-7-3-2-6-13(14)16-15(17)10-11(18)9-12-5-4-8-19-12/h2-3,6-7,11-12,18H,4-5,8-10H2,1H3. The largest absolute Gasteiger partial charge is 0.393 e. The van der Waals surface area contributed by atoms with Gasteiger partial charge in [-0.05, 0) is 31.4 Å². The third kappa shape index (κ3) is 2.65. The first-order chi connectivity index (χ1) is 9.24. The Bertz CT molecular complexity index is 558. The number of hydrogen-bond donors (Lipinski definition) is 1. The summed E-state index contributed by atoms with van der Waals surface area (Å²) in [6.07, 6.45) is 3.33. The minimum atomic E-state index is -0.376. The average Bonchev–Trinajstić information content (AvgIpc) is 3.00. The van der Waals surface area contributed by atoms with E-state index < -0.39 is 0 Å². The fourth-order valence-electron chi connectivity index (χ4n) is 2.81. The molecular formula is C15H20N2O2. The van der Waals surface area contributed by atoms with E-state index in [2.05, 4.69) is 15.6 Å². The zero-order chi connectivity index (χ0) is 13.2. The molecule has 1 aromatic carbocycles. The van der Waals surface area contributed by atoms with E-state index >= 15 is 0 Å². The van der Waals surface area contributed by atoms with Crippen LogP contribution in [0.3, 0.4) is 0 Å². The van der Waals surface area contributed by atoms with Gasteiger partial charge in [-0.25, -0.2) is 4.98 Å². The maximum atomic E-state index is 10.2. The predicted molar refractivity (Wildman–Crippen MR) is 74.0 cm³/mol. The van der Waals surface area contributed by atoms with Crippen molar-refractivity contribution in [1.82, 2.24) is 9.55 Å². The Morgan fingerprint density at radius 2 is 2.32 bits per heavy atom. The quantitative estimate of drug-likeness (QED) is 0.915. The van der Waals surface area contributed by atoms with Crippen molar-refractivity contribution in [1.29, 1.82) is 0 Å². The van der Waals surface area contributed by atoms with Gasteiger partial charge in [-0.15, -0.1) is 0 Å². The van der Waals surface area contributed by atoms with Gasteiger partial charge >= 0.3 is 0 Å². The normalized spacial score (nSPS) is 21.1. The highest BCUT2D eigenvalue weighted by molar-refractivity contribution is 5.75. The van der Waals surface area contributed by atoms with Crippen LogP contribution in [0.2, 0.25) is 0 Å². The molecule has 0 saturated carbocycles. The first-order valence-electron chi connectivity index (χ1n) is 6.94. The van der Waals surface area contributed by atoms with Gasteiger partial charge in [0.15, 0.2) is 0 Å². The van der Waals surface area contributed by atoms with E-state index in [1.54, 1.807) is 0 Å². The molecular weight excluding hydrogens is 240 g/mol. The van der Waals surface area contributed by atoms with Gasteiger partial charge in [-0.2, -0.15) is 0 Å². The van der Waals surface area contributed by atoms with E-state index in [-0.39, 0.29) is 12.2 Å². The zero-order valence-corrected chi connectivity index (χ0v) is 11.2. The predicted octanol–water partition coefficient (Wildman–Crippen LogP) is 2.05. The molecule has 4 nitrogen and oxygen atoms in total. The summed E-state index contributed by atoms with van der Waals surface area (Å²) in [5, 5.41) is 10.2. The van der Waals surface area contributed by atoms with Crippen LogP contribution in [0.4, 0.5) is 0 Å². The minimum Gasteiger partial charge on any atom is -0.393 e. The van der Waals surface area contributed by atoms with Gasteiger partial charge in [0.25, 0.3) is 0 Å². The molecule has 0 amide bonds. The molecule has 1 N–H and O–H groups in total. The lowest BCUT2D eigenvalue weighted by molar-refractivity contribution is 0.0532. The van der Waals surface area contributed by atoms with Crippen molar-refractivity contribution >= 4 is 11.0 Å². The second kappa shape index (κ2) is 5.31. The highest BCUT2D eigenvalue weighted by atomic mass is 16.5.